The Morgan fingerprint density at radius 1 is 1.14 bits per heavy atom. The molecule has 2 aromatic carbocycles. The lowest BCUT2D eigenvalue weighted by Crippen LogP contribution is -2.51. The number of anilines is 2. The average Bonchev–Trinajstić information content (AvgIpc) is 2.76. The van der Waals surface area contributed by atoms with E-state index in [0.717, 1.165) is 18.7 Å². The van der Waals surface area contributed by atoms with Gasteiger partial charge in [0.05, 0.1) is 17.4 Å². The SMILES string of the molecule is CC(C)CC[C@@]1(C)C(=O)C(C2=NS(=O)(=O)c3cc(NS(C)(=O)=O)ccc3N2)C(=O)c2ccccc21. The van der Waals surface area contributed by atoms with Crippen molar-refractivity contribution in [2.75, 3.05) is 16.3 Å². The Kier molecular flexibility index (Phi) is 6.13. The average molecular weight is 518 g/mol. The van der Waals surface area contributed by atoms with Gasteiger partial charge in [-0.05, 0) is 49.4 Å². The monoisotopic (exact) mass is 517 g/mol. The summed E-state index contributed by atoms with van der Waals surface area (Å²) in [5.74, 6) is -2.23. The molecule has 0 fully saturated rings. The van der Waals surface area contributed by atoms with Crippen LogP contribution in [0.1, 0.15) is 49.5 Å². The normalized spacial score (nSPS) is 23.2. The predicted molar refractivity (Wildman–Crippen MR) is 134 cm³/mol. The number of sulfonamides is 2. The molecule has 4 rings (SSSR count). The van der Waals surface area contributed by atoms with Crippen LogP contribution in [0, 0.1) is 11.8 Å². The lowest BCUT2D eigenvalue weighted by molar-refractivity contribution is -0.125. The minimum absolute atomic E-state index is 0.0512. The van der Waals surface area contributed by atoms with Crippen LogP contribution < -0.4 is 10.0 Å². The molecule has 0 aromatic heterocycles. The van der Waals surface area contributed by atoms with Crippen LogP contribution in [-0.2, 0) is 30.3 Å². The Morgan fingerprint density at radius 2 is 1.83 bits per heavy atom. The van der Waals surface area contributed by atoms with Gasteiger partial charge in [0.15, 0.2) is 11.6 Å². The van der Waals surface area contributed by atoms with E-state index >= 15 is 0 Å². The van der Waals surface area contributed by atoms with Crippen molar-refractivity contribution in [3.05, 3.63) is 53.6 Å². The topological polar surface area (TPSA) is 139 Å². The third-order valence-corrected chi connectivity index (χ3v) is 8.33. The quantitative estimate of drug-likeness (QED) is 0.560. The van der Waals surface area contributed by atoms with Crippen molar-refractivity contribution in [1.29, 1.82) is 0 Å². The largest absolute Gasteiger partial charge is 0.341 e. The standard InChI is InChI=1S/C24H27N3O6S2/c1-14(2)11-12-24(3)17-8-6-5-7-16(17)21(28)20(22(24)29)23-25-18-10-9-15(26-34(4,30)31)13-19(18)35(32,33)27-23/h5-10,13-14,20,26H,11-12H2,1-4H3,(H,25,27)/t20?,24-/m1/s1. The minimum Gasteiger partial charge on any atom is -0.341 e. The smallest absolute Gasteiger partial charge is 0.286 e. The summed E-state index contributed by atoms with van der Waals surface area (Å²) < 4.78 is 55.2. The fraction of sp³-hybridized carbons (Fsp3) is 0.375. The Hall–Kier alpha value is -3.05. The second-order valence-electron chi connectivity index (χ2n) is 9.63. The van der Waals surface area contributed by atoms with Crippen molar-refractivity contribution in [1.82, 2.24) is 0 Å². The molecule has 0 saturated carbocycles. The minimum atomic E-state index is -4.32. The fourth-order valence-corrected chi connectivity index (χ4v) is 6.31. The van der Waals surface area contributed by atoms with E-state index in [0.29, 0.717) is 23.5 Å². The van der Waals surface area contributed by atoms with E-state index in [-0.39, 0.29) is 22.1 Å². The summed E-state index contributed by atoms with van der Waals surface area (Å²) in [5.41, 5.74) is 0.191. The first-order valence-corrected chi connectivity index (χ1v) is 14.5. The van der Waals surface area contributed by atoms with Crippen molar-refractivity contribution >= 4 is 48.8 Å². The summed E-state index contributed by atoms with van der Waals surface area (Å²) in [6, 6.07) is 10.8. The number of benzene rings is 2. The van der Waals surface area contributed by atoms with Crippen LogP contribution in [0.4, 0.5) is 11.4 Å². The maximum atomic E-state index is 13.9. The van der Waals surface area contributed by atoms with Crippen LogP contribution in [0.15, 0.2) is 51.8 Å². The molecule has 2 aromatic rings. The van der Waals surface area contributed by atoms with Gasteiger partial charge in [-0.15, -0.1) is 4.40 Å². The number of hydrogen-bond acceptors (Lipinski definition) is 7. The van der Waals surface area contributed by atoms with Crippen LogP contribution in [0.3, 0.4) is 0 Å². The summed E-state index contributed by atoms with van der Waals surface area (Å²) in [7, 11) is -7.95. The number of ketones is 2. The van der Waals surface area contributed by atoms with E-state index < -0.39 is 42.9 Å². The van der Waals surface area contributed by atoms with E-state index in [1.54, 1.807) is 31.2 Å². The maximum absolute atomic E-state index is 13.9. The molecule has 2 N–H and O–H groups in total. The number of nitrogens with zero attached hydrogens (tertiary/aromatic N) is 1. The molecule has 2 atom stereocenters. The first-order chi connectivity index (χ1) is 16.2. The summed E-state index contributed by atoms with van der Waals surface area (Å²) in [4.78, 5) is 27.1. The number of nitrogens with one attached hydrogen (secondary N) is 2. The van der Waals surface area contributed by atoms with Gasteiger partial charge in [0.2, 0.25) is 10.0 Å². The number of Topliss-reactive ketones (excluding diaryl/α,β-unsaturated/α-hetero) is 2. The molecule has 11 heteroatoms. The summed E-state index contributed by atoms with van der Waals surface area (Å²) in [6.45, 7) is 5.90. The highest BCUT2D eigenvalue weighted by Gasteiger charge is 2.51. The number of fused-ring (bicyclic) bond motifs is 2. The molecule has 1 unspecified atom stereocenters. The molecule has 35 heavy (non-hydrogen) atoms. The molecule has 0 amide bonds. The third-order valence-electron chi connectivity index (χ3n) is 6.39. The second kappa shape index (κ2) is 8.56. The fourth-order valence-electron chi connectivity index (χ4n) is 4.57. The van der Waals surface area contributed by atoms with Crippen LogP contribution in [-0.4, -0.2) is 40.5 Å². The van der Waals surface area contributed by atoms with Crippen LogP contribution in [0.2, 0.25) is 0 Å². The predicted octanol–water partition coefficient (Wildman–Crippen LogP) is 3.35. The van der Waals surface area contributed by atoms with E-state index in [1.807, 2.05) is 13.8 Å². The number of rotatable bonds is 6. The second-order valence-corrected chi connectivity index (χ2v) is 13.0. The number of carbonyl (C=O) groups is 2. The van der Waals surface area contributed by atoms with Crippen molar-refractivity contribution in [2.24, 2.45) is 16.2 Å². The van der Waals surface area contributed by atoms with Gasteiger partial charge < -0.3 is 5.32 Å². The summed E-state index contributed by atoms with van der Waals surface area (Å²) >= 11 is 0. The van der Waals surface area contributed by atoms with Gasteiger partial charge in [-0.25, -0.2) is 8.42 Å². The number of carbonyl (C=O) groups excluding carboxylic acids is 2. The Labute approximate surface area is 205 Å². The third kappa shape index (κ3) is 4.62. The van der Waals surface area contributed by atoms with Gasteiger partial charge >= 0.3 is 0 Å². The number of amidine groups is 1. The van der Waals surface area contributed by atoms with E-state index in [1.165, 1.54) is 12.1 Å². The highest BCUT2D eigenvalue weighted by molar-refractivity contribution is 7.92. The first-order valence-electron chi connectivity index (χ1n) is 11.1. The molecule has 0 bridgehead atoms. The number of hydrogen-bond donors (Lipinski definition) is 2. The van der Waals surface area contributed by atoms with Crippen molar-refractivity contribution in [3.8, 4) is 0 Å². The Morgan fingerprint density at radius 3 is 2.49 bits per heavy atom. The molecule has 2 aliphatic rings. The lowest BCUT2D eigenvalue weighted by atomic mass is 9.63. The molecule has 1 aliphatic heterocycles. The lowest BCUT2D eigenvalue weighted by Gasteiger charge is -2.39. The zero-order valence-electron chi connectivity index (χ0n) is 19.8. The maximum Gasteiger partial charge on any atom is 0.286 e. The van der Waals surface area contributed by atoms with E-state index in [4.69, 9.17) is 0 Å². The Balaban J connectivity index is 1.79. The highest BCUT2D eigenvalue weighted by atomic mass is 32.2. The van der Waals surface area contributed by atoms with Crippen LogP contribution in [0.25, 0.3) is 0 Å². The van der Waals surface area contributed by atoms with Crippen LogP contribution in [0.5, 0.6) is 0 Å². The molecular weight excluding hydrogens is 490 g/mol. The molecule has 0 saturated heterocycles. The van der Waals surface area contributed by atoms with Gasteiger partial charge in [-0.3, -0.25) is 14.3 Å². The van der Waals surface area contributed by atoms with Gasteiger partial charge in [0, 0.05) is 11.3 Å². The van der Waals surface area contributed by atoms with Crippen molar-refractivity contribution < 1.29 is 26.4 Å². The highest BCUT2D eigenvalue weighted by Crippen LogP contribution is 2.43. The molecule has 1 aliphatic carbocycles. The van der Waals surface area contributed by atoms with Crippen molar-refractivity contribution in [2.45, 2.75) is 43.9 Å². The summed E-state index contributed by atoms with van der Waals surface area (Å²) in [6.07, 6.45) is 2.19. The van der Waals surface area contributed by atoms with E-state index in [2.05, 4.69) is 14.4 Å². The zero-order chi connectivity index (χ0) is 25.8. The molecule has 186 valence electrons. The van der Waals surface area contributed by atoms with Gasteiger partial charge in [-0.1, -0.05) is 38.1 Å². The van der Waals surface area contributed by atoms with Crippen LogP contribution >= 0.6 is 0 Å². The van der Waals surface area contributed by atoms with Gasteiger partial charge in [0.25, 0.3) is 10.0 Å². The zero-order valence-corrected chi connectivity index (χ0v) is 21.5. The van der Waals surface area contributed by atoms with Gasteiger partial charge in [-0.2, -0.15) is 8.42 Å². The molecular formula is C24H27N3O6S2. The summed E-state index contributed by atoms with van der Waals surface area (Å²) in [5, 5.41) is 2.86. The Bertz CT molecular complexity index is 1480. The van der Waals surface area contributed by atoms with Gasteiger partial charge in [0.1, 0.15) is 16.6 Å². The molecule has 9 nitrogen and oxygen atoms in total. The van der Waals surface area contributed by atoms with Crippen molar-refractivity contribution in [3.63, 3.8) is 0 Å². The first kappa shape index (κ1) is 25.1. The molecule has 0 spiro atoms. The molecule has 0 radical (unpaired) electrons. The molecule has 1 heterocycles. The van der Waals surface area contributed by atoms with E-state index in [9.17, 15) is 26.4 Å².